The molecule has 4 aromatic rings. The number of anilines is 1. The van der Waals surface area contributed by atoms with Crippen LogP contribution in [-0.4, -0.2) is 28.3 Å². The summed E-state index contributed by atoms with van der Waals surface area (Å²) in [5.41, 5.74) is 3.08. The highest BCUT2D eigenvalue weighted by Gasteiger charge is 2.19. The van der Waals surface area contributed by atoms with Crippen LogP contribution in [0.15, 0.2) is 82.0 Å². The normalized spacial score (nSPS) is 11.9. The molecule has 0 saturated carbocycles. The number of rotatable bonds is 7. The Balaban J connectivity index is 1.42. The molecule has 1 heterocycles. The Hall–Kier alpha value is -3.84. The second-order valence-corrected chi connectivity index (χ2v) is 8.44. The molecule has 34 heavy (non-hydrogen) atoms. The SMILES string of the molecule is CC(c1cccc(NC(=O)c2ccccc2)c1)N(C)C(=O)CCn1c(=O)oc2cc(Cl)ccc21. The fourth-order valence-corrected chi connectivity index (χ4v) is 3.91. The number of benzene rings is 3. The first-order chi connectivity index (χ1) is 16.3. The van der Waals surface area contributed by atoms with Gasteiger partial charge in [-0.05, 0) is 48.9 Å². The average molecular weight is 478 g/mol. The number of oxazole rings is 1. The van der Waals surface area contributed by atoms with Crippen LogP contribution in [0.3, 0.4) is 0 Å². The number of halogens is 1. The van der Waals surface area contributed by atoms with Crippen LogP contribution in [0.25, 0.3) is 11.1 Å². The summed E-state index contributed by atoms with van der Waals surface area (Å²) in [6.07, 6.45) is 0.127. The number of aromatic nitrogens is 1. The highest BCUT2D eigenvalue weighted by atomic mass is 35.5. The van der Waals surface area contributed by atoms with Gasteiger partial charge in [-0.2, -0.15) is 0 Å². The zero-order valence-corrected chi connectivity index (χ0v) is 19.6. The van der Waals surface area contributed by atoms with Gasteiger partial charge in [0.1, 0.15) is 0 Å². The average Bonchev–Trinajstić information content (AvgIpc) is 3.15. The standard InChI is InChI=1S/C26H24ClN3O4/c1-17(19-9-6-10-21(15-19)28-25(32)18-7-4-3-5-8-18)29(2)24(31)13-14-30-22-12-11-20(27)16-23(22)34-26(30)33/h3-12,15-17H,13-14H2,1-2H3,(H,28,32). The summed E-state index contributed by atoms with van der Waals surface area (Å²) in [5.74, 6) is -0.849. The maximum Gasteiger partial charge on any atom is 0.419 e. The van der Waals surface area contributed by atoms with E-state index in [0.29, 0.717) is 27.4 Å². The number of nitrogens with zero attached hydrogens (tertiary/aromatic N) is 2. The first-order valence-electron chi connectivity index (χ1n) is 10.8. The number of carbonyl (C=O) groups is 2. The largest absolute Gasteiger partial charge is 0.419 e. The van der Waals surface area contributed by atoms with Crippen molar-refractivity contribution in [2.24, 2.45) is 0 Å². The summed E-state index contributed by atoms with van der Waals surface area (Å²) in [6.45, 7) is 2.11. The van der Waals surface area contributed by atoms with E-state index in [9.17, 15) is 14.4 Å². The van der Waals surface area contributed by atoms with Gasteiger partial charge in [0.15, 0.2) is 5.58 Å². The quantitative estimate of drug-likeness (QED) is 0.401. The van der Waals surface area contributed by atoms with Crippen LogP contribution >= 0.6 is 11.6 Å². The molecule has 1 atom stereocenters. The van der Waals surface area contributed by atoms with Gasteiger partial charge in [0.2, 0.25) is 5.91 Å². The van der Waals surface area contributed by atoms with Crippen molar-refractivity contribution in [3.05, 3.63) is 99.5 Å². The van der Waals surface area contributed by atoms with Gasteiger partial charge in [0.25, 0.3) is 5.91 Å². The van der Waals surface area contributed by atoms with E-state index in [0.717, 1.165) is 5.56 Å². The van der Waals surface area contributed by atoms with Crippen molar-refractivity contribution in [2.75, 3.05) is 12.4 Å². The second kappa shape index (κ2) is 9.97. The number of carbonyl (C=O) groups excluding carboxylic acids is 2. The topological polar surface area (TPSA) is 84.5 Å². The Bertz CT molecular complexity index is 1390. The molecule has 0 aliphatic carbocycles. The van der Waals surface area contributed by atoms with Gasteiger partial charge >= 0.3 is 5.76 Å². The molecular weight excluding hydrogens is 454 g/mol. The molecule has 2 amide bonds. The molecule has 1 unspecified atom stereocenters. The third kappa shape index (κ3) is 5.05. The first-order valence-corrected chi connectivity index (χ1v) is 11.2. The van der Waals surface area contributed by atoms with Crippen LogP contribution in [0.2, 0.25) is 5.02 Å². The predicted octanol–water partition coefficient (Wildman–Crippen LogP) is 5.11. The van der Waals surface area contributed by atoms with Crippen molar-refractivity contribution in [1.29, 1.82) is 0 Å². The minimum atomic E-state index is -0.525. The number of aryl methyl sites for hydroxylation is 1. The van der Waals surface area contributed by atoms with Crippen LogP contribution in [0.4, 0.5) is 5.69 Å². The Morgan fingerprint density at radius 1 is 1.06 bits per heavy atom. The van der Waals surface area contributed by atoms with E-state index >= 15 is 0 Å². The van der Waals surface area contributed by atoms with Crippen molar-refractivity contribution in [1.82, 2.24) is 9.47 Å². The van der Waals surface area contributed by atoms with Gasteiger partial charge in [0, 0.05) is 42.4 Å². The Labute approximate surface area is 201 Å². The lowest BCUT2D eigenvalue weighted by Gasteiger charge is -2.26. The highest BCUT2D eigenvalue weighted by Crippen LogP contribution is 2.24. The number of hydrogen-bond donors (Lipinski definition) is 1. The maximum atomic E-state index is 12.9. The molecule has 4 rings (SSSR count). The lowest BCUT2D eigenvalue weighted by atomic mass is 10.1. The number of hydrogen-bond acceptors (Lipinski definition) is 4. The molecule has 0 aliphatic heterocycles. The number of amides is 2. The van der Waals surface area contributed by atoms with Crippen LogP contribution in [0.5, 0.6) is 0 Å². The number of nitrogens with one attached hydrogen (secondary N) is 1. The molecule has 1 N–H and O–H groups in total. The van der Waals surface area contributed by atoms with Crippen molar-refractivity contribution >= 4 is 40.2 Å². The van der Waals surface area contributed by atoms with Crippen molar-refractivity contribution in [3.8, 4) is 0 Å². The molecule has 1 aromatic heterocycles. The van der Waals surface area contributed by atoms with Gasteiger partial charge in [-0.15, -0.1) is 0 Å². The Kier molecular flexibility index (Phi) is 6.84. The molecule has 0 aliphatic rings. The molecule has 3 aromatic carbocycles. The molecule has 174 valence electrons. The first kappa shape index (κ1) is 23.3. The third-order valence-electron chi connectivity index (χ3n) is 5.82. The van der Waals surface area contributed by atoms with Gasteiger partial charge in [-0.25, -0.2) is 4.79 Å². The molecule has 0 fully saturated rings. The lowest BCUT2D eigenvalue weighted by Crippen LogP contribution is -2.31. The van der Waals surface area contributed by atoms with Crippen molar-refractivity contribution in [2.45, 2.75) is 25.9 Å². The van der Waals surface area contributed by atoms with Gasteiger partial charge in [-0.1, -0.05) is 41.9 Å². The van der Waals surface area contributed by atoms with E-state index in [1.54, 1.807) is 42.3 Å². The van der Waals surface area contributed by atoms with E-state index in [4.69, 9.17) is 16.0 Å². The molecular formula is C26H24ClN3O4. The minimum absolute atomic E-state index is 0.124. The molecule has 0 spiro atoms. The summed E-state index contributed by atoms with van der Waals surface area (Å²) in [5, 5.41) is 3.36. The minimum Gasteiger partial charge on any atom is -0.408 e. The lowest BCUT2D eigenvalue weighted by molar-refractivity contribution is -0.132. The fourth-order valence-electron chi connectivity index (χ4n) is 3.74. The summed E-state index contributed by atoms with van der Waals surface area (Å²) in [7, 11) is 1.72. The van der Waals surface area contributed by atoms with E-state index in [1.165, 1.54) is 4.57 Å². The third-order valence-corrected chi connectivity index (χ3v) is 6.05. The molecule has 7 nitrogen and oxygen atoms in total. The highest BCUT2D eigenvalue weighted by molar-refractivity contribution is 6.31. The van der Waals surface area contributed by atoms with Crippen molar-refractivity contribution in [3.63, 3.8) is 0 Å². The number of fused-ring (bicyclic) bond motifs is 1. The molecule has 0 radical (unpaired) electrons. The predicted molar refractivity (Wildman–Crippen MR) is 132 cm³/mol. The monoisotopic (exact) mass is 477 g/mol. The van der Waals surface area contributed by atoms with Gasteiger partial charge < -0.3 is 14.6 Å². The summed E-state index contributed by atoms with van der Waals surface area (Å²) >= 11 is 5.96. The van der Waals surface area contributed by atoms with E-state index in [-0.39, 0.29) is 30.8 Å². The summed E-state index contributed by atoms with van der Waals surface area (Å²) in [4.78, 5) is 39.2. The molecule has 8 heteroatoms. The zero-order chi connectivity index (χ0) is 24.2. The second-order valence-electron chi connectivity index (χ2n) is 8.01. The van der Waals surface area contributed by atoms with Crippen LogP contribution in [-0.2, 0) is 11.3 Å². The Morgan fingerprint density at radius 2 is 1.82 bits per heavy atom. The van der Waals surface area contributed by atoms with E-state index in [1.807, 2.05) is 49.4 Å². The summed E-state index contributed by atoms with van der Waals surface area (Å²) in [6, 6.07) is 21.1. The summed E-state index contributed by atoms with van der Waals surface area (Å²) < 4.78 is 6.66. The van der Waals surface area contributed by atoms with Crippen LogP contribution in [0.1, 0.15) is 35.3 Å². The van der Waals surface area contributed by atoms with Gasteiger partial charge in [0.05, 0.1) is 11.6 Å². The maximum absolute atomic E-state index is 12.9. The zero-order valence-electron chi connectivity index (χ0n) is 18.8. The van der Waals surface area contributed by atoms with Crippen molar-refractivity contribution < 1.29 is 14.0 Å². The van der Waals surface area contributed by atoms with Crippen LogP contribution < -0.4 is 11.1 Å². The molecule has 0 bridgehead atoms. The Morgan fingerprint density at radius 3 is 2.59 bits per heavy atom. The molecule has 0 saturated heterocycles. The fraction of sp³-hybridized carbons (Fsp3) is 0.192. The van der Waals surface area contributed by atoms with Crippen LogP contribution in [0, 0.1) is 0 Å². The smallest absolute Gasteiger partial charge is 0.408 e. The van der Waals surface area contributed by atoms with Gasteiger partial charge in [-0.3, -0.25) is 14.2 Å². The van der Waals surface area contributed by atoms with E-state index in [2.05, 4.69) is 5.32 Å². The van der Waals surface area contributed by atoms with E-state index < -0.39 is 5.76 Å².